The molecule has 1 saturated carbocycles. The highest BCUT2D eigenvalue weighted by atomic mass is 28.4. The van der Waals surface area contributed by atoms with Gasteiger partial charge in [-0.25, -0.2) is 0 Å². The number of nitrogens with zero attached hydrogens (tertiary/aromatic N) is 1. The molecule has 1 aliphatic heterocycles. The molecule has 204 valence electrons. The van der Waals surface area contributed by atoms with Crippen molar-refractivity contribution in [3.63, 3.8) is 0 Å². The number of nitrogens with one attached hydrogen (secondary N) is 1. The van der Waals surface area contributed by atoms with Crippen LogP contribution in [0.1, 0.15) is 93.4 Å². The fourth-order valence-corrected chi connectivity index (χ4v) is 7.18. The number of rotatable bonds is 8. The van der Waals surface area contributed by atoms with Crippen molar-refractivity contribution in [2.24, 2.45) is 0 Å². The minimum Gasteiger partial charge on any atom is -0.409 e. The van der Waals surface area contributed by atoms with Gasteiger partial charge in [-0.3, -0.25) is 9.59 Å². The lowest BCUT2D eigenvalue weighted by Gasteiger charge is -2.43. The van der Waals surface area contributed by atoms with Crippen LogP contribution in [-0.4, -0.2) is 64.2 Å². The summed E-state index contributed by atoms with van der Waals surface area (Å²) in [5.74, 6) is -0.0344. The Kier molecular flexibility index (Phi) is 9.90. The maximum absolute atomic E-state index is 13.9. The van der Waals surface area contributed by atoms with E-state index in [0.717, 1.165) is 32.1 Å². The molecule has 0 radical (unpaired) electrons. The van der Waals surface area contributed by atoms with Gasteiger partial charge in [0.05, 0.1) is 6.10 Å². The van der Waals surface area contributed by atoms with Gasteiger partial charge in [0.1, 0.15) is 12.1 Å². The molecule has 0 aromatic rings. The van der Waals surface area contributed by atoms with Crippen molar-refractivity contribution >= 4 is 28.4 Å². The molecule has 1 aliphatic carbocycles. The molecule has 0 bridgehead atoms. The molecule has 1 heterocycles. The van der Waals surface area contributed by atoms with Gasteiger partial charge in [-0.1, -0.05) is 67.7 Å². The fourth-order valence-electron chi connectivity index (χ4n) is 4.55. The normalized spacial score (nSPS) is 25.1. The minimum absolute atomic E-state index is 0.0141. The van der Waals surface area contributed by atoms with Crippen LogP contribution in [0.25, 0.3) is 0 Å². The van der Waals surface area contributed by atoms with Crippen molar-refractivity contribution in [2.75, 3.05) is 6.54 Å². The maximum atomic E-state index is 13.9. The summed E-state index contributed by atoms with van der Waals surface area (Å²) in [6.07, 6.45) is 6.00. The summed E-state index contributed by atoms with van der Waals surface area (Å²) in [4.78, 5) is 29.0. The second-order valence-electron chi connectivity index (χ2n) is 13.8. The first-order valence-electron chi connectivity index (χ1n) is 13.9. The van der Waals surface area contributed by atoms with Gasteiger partial charge < -0.3 is 19.1 Å². The fraction of sp³-hybridized carbons (Fsp3) is 0.926. The molecule has 35 heavy (non-hydrogen) atoms. The molecule has 6 nitrogen and oxygen atoms in total. The molecule has 0 spiro atoms. The van der Waals surface area contributed by atoms with Crippen LogP contribution in [-0.2, 0) is 18.4 Å². The topological polar surface area (TPSA) is 67.9 Å². The first-order chi connectivity index (χ1) is 15.9. The van der Waals surface area contributed by atoms with Crippen LogP contribution >= 0.6 is 0 Å². The zero-order valence-corrected chi connectivity index (χ0v) is 26.5. The van der Waals surface area contributed by atoms with Crippen LogP contribution < -0.4 is 5.32 Å². The summed E-state index contributed by atoms with van der Waals surface area (Å²) in [6, 6.07) is -0.451. The summed E-state index contributed by atoms with van der Waals surface area (Å²) >= 11 is 0. The molecular formula is C27H54N2O4Si2. The molecule has 1 N–H and O–H groups in total. The highest BCUT2D eigenvalue weighted by molar-refractivity contribution is 6.74. The first kappa shape index (κ1) is 30.5. The molecule has 8 heteroatoms. The Labute approximate surface area is 217 Å². The monoisotopic (exact) mass is 526 g/mol. The summed E-state index contributed by atoms with van der Waals surface area (Å²) in [5.41, 5.74) is 0. The van der Waals surface area contributed by atoms with E-state index in [2.05, 4.69) is 73.0 Å². The summed E-state index contributed by atoms with van der Waals surface area (Å²) < 4.78 is 13.9. The predicted molar refractivity (Wildman–Crippen MR) is 150 cm³/mol. The molecule has 2 aliphatic rings. The summed E-state index contributed by atoms with van der Waals surface area (Å²) in [7, 11) is -4.40. The van der Waals surface area contributed by atoms with Crippen molar-refractivity contribution < 1.29 is 18.4 Å². The van der Waals surface area contributed by atoms with Crippen LogP contribution in [0.2, 0.25) is 36.3 Å². The Morgan fingerprint density at radius 1 is 0.886 bits per heavy atom. The molecule has 0 aromatic carbocycles. The number of likely N-dealkylation sites (tertiary alicyclic amines) is 1. The number of hydrogen-bond donors (Lipinski definition) is 1. The van der Waals surface area contributed by atoms with Crippen molar-refractivity contribution in [2.45, 2.75) is 154 Å². The molecule has 2 rings (SSSR count). The average Bonchev–Trinajstić information content (AvgIpc) is 3.04. The van der Waals surface area contributed by atoms with Gasteiger partial charge in [0.25, 0.3) is 0 Å². The van der Waals surface area contributed by atoms with Crippen LogP contribution in [0.5, 0.6) is 0 Å². The number of carbonyl (C=O) groups excluding carboxylic acids is 2. The van der Waals surface area contributed by atoms with E-state index in [1.807, 2.05) is 6.92 Å². The van der Waals surface area contributed by atoms with E-state index >= 15 is 0 Å². The van der Waals surface area contributed by atoms with Crippen LogP contribution in [0.15, 0.2) is 0 Å². The van der Waals surface area contributed by atoms with Gasteiger partial charge in [0, 0.05) is 19.0 Å². The van der Waals surface area contributed by atoms with Crippen molar-refractivity contribution in [3.8, 4) is 0 Å². The Morgan fingerprint density at radius 2 is 1.40 bits per heavy atom. The van der Waals surface area contributed by atoms with E-state index in [9.17, 15) is 9.59 Å². The minimum atomic E-state index is -2.24. The second-order valence-corrected chi connectivity index (χ2v) is 23.4. The second kappa shape index (κ2) is 11.4. The van der Waals surface area contributed by atoms with E-state index in [1.54, 1.807) is 4.90 Å². The van der Waals surface area contributed by atoms with Crippen LogP contribution in [0.4, 0.5) is 0 Å². The third-order valence-electron chi connectivity index (χ3n) is 8.88. The van der Waals surface area contributed by atoms with Crippen LogP contribution in [0.3, 0.4) is 0 Å². The molecule has 0 aromatic heterocycles. The first-order valence-corrected chi connectivity index (χ1v) is 19.7. The maximum Gasteiger partial charge on any atom is 0.245 e. The zero-order chi connectivity index (χ0) is 26.8. The van der Waals surface area contributed by atoms with Crippen LogP contribution in [0, 0.1) is 0 Å². The molecule has 1 saturated heterocycles. The highest BCUT2D eigenvalue weighted by Crippen LogP contribution is 2.43. The van der Waals surface area contributed by atoms with Gasteiger partial charge >= 0.3 is 0 Å². The number of hydrogen-bond acceptors (Lipinski definition) is 4. The molecule has 1 unspecified atom stereocenters. The molecule has 3 atom stereocenters. The summed E-state index contributed by atoms with van der Waals surface area (Å²) in [5, 5.41) is 3.32. The quantitative estimate of drug-likeness (QED) is 0.381. The SMILES string of the molecule is CCCC(=O)N1C[C@H](O[Si](C)(C)C(C)(C)C)[C@@H](O[Si](C)(C)C(C)(C)C)C1C(=O)NC1CCCCC1. The molecule has 2 fully saturated rings. The molecular weight excluding hydrogens is 472 g/mol. The zero-order valence-electron chi connectivity index (χ0n) is 24.5. The Morgan fingerprint density at radius 3 is 1.89 bits per heavy atom. The lowest BCUT2D eigenvalue weighted by atomic mass is 9.95. The average molecular weight is 527 g/mol. The lowest BCUT2D eigenvalue weighted by Crippen LogP contribution is -2.57. The number of carbonyl (C=O) groups is 2. The Balaban J connectivity index is 2.47. The van der Waals surface area contributed by atoms with Gasteiger partial charge in [0.15, 0.2) is 16.6 Å². The van der Waals surface area contributed by atoms with Gasteiger partial charge in [-0.2, -0.15) is 0 Å². The van der Waals surface area contributed by atoms with Gasteiger partial charge in [-0.05, 0) is 55.5 Å². The van der Waals surface area contributed by atoms with E-state index in [4.69, 9.17) is 8.85 Å². The Hall–Kier alpha value is -0.706. The van der Waals surface area contributed by atoms with Crippen molar-refractivity contribution in [1.29, 1.82) is 0 Å². The van der Waals surface area contributed by atoms with E-state index in [0.29, 0.717) is 13.0 Å². The Bertz CT molecular complexity index is 736. The third-order valence-corrected chi connectivity index (χ3v) is 17.9. The van der Waals surface area contributed by atoms with E-state index in [1.165, 1.54) is 6.42 Å². The number of amides is 2. The van der Waals surface area contributed by atoms with Gasteiger partial charge in [-0.15, -0.1) is 0 Å². The van der Waals surface area contributed by atoms with Crippen molar-refractivity contribution in [1.82, 2.24) is 10.2 Å². The summed E-state index contributed by atoms with van der Waals surface area (Å²) in [6.45, 7) is 24.7. The van der Waals surface area contributed by atoms with Gasteiger partial charge in [0.2, 0.25) is 11.8 Å². The molecule has 2 amide bonds. The highest BCUT2D eigenvalue weighted by Gasteiger charge is 2.54. The third kappa shape index (κ3) is 7.42. The van der Waals surface area contributed by atoms with Crippen molar-refractivity contribution in [3.05, 3.63) is 0 Å². The standard InChI is InChI=1S/C27H54N2O4Si2/c1-12-16-22(30)29-19-21(32-34(8,9)26(2,3)4)24(33-35(10,11)27(5,6)7)23(29)25(31)28-20-17-14-13-15-18-20/h20-21,23-24H,12-19H2,1-11H3,(H,28,31)/t21-,23?,24+/m0/s1. The smallest absolute Gasteiger partial charge is 0.245 e. The largest absolute Gasteiger partial charge is 0.409 e. The predicted octanol–water partition coefficient (Wildman–Crippen LogP) is 6.23. The van der Waals surface area contributed by atoms with E-state index < -0.39 is 28.8 Å². The van der Waals surface area contributed by atoms with E-state index in [-0.39, 0.29) is 34.0 Å². The lowest BCUT2D eigenvalue weighted by molar-refractivity contribution is -0.140.